The number of esters is 1. The maximum absolute atomic E-state index is 12.9. The number of amides is 4. The number of nitrogens with zero attached hydrogens (tertiary/aromatic N) is 2. The van der Waals surface area contributed by atoms with Crippen molar-refractivity contribution in [1.29, 1.82) is 0 Å². The molecule has 1 atom stereocenters. The fourth-order valence-corrected chi connectivity index (χ4v) is 2.85. The number of carbonyl (C=O) groups excluding carboxylic acids is 4. The number of rotatable bonds is 6. The summed E-state index contributed by atoms with van der Waals surface area (Å²) in [6.45, 7) is 7.27. The fraction of sp³-hybridized carbons (Fsp3) is 0.450. The standard InChI is InChI=1S/C20H25N3O7/c1-11(2)15(18(27)28)21-19(29)22(10-14(24)30-20(3,4)5)23-16(25)12-8-6-7-9-13(12)17(23)26/h6-9,11,15H,10H2,1-5H3,(H,21,29)(H,27,28)/t15-/m0/s1. The van der Waals surface area contributed by atoms with Gasteiger partial charge in [-0.3, -0.25) is 14.4 Å². The molecule has 0 radical (unpaired) electrons. The van der Waals surface area contributed by atoms with Gasteiger partial charge in [0.2, 0.25) is 0 Å². The van der Waals surface area contributed by atoms with E-state index in [0.29, 0.717) is 10.0 Å². The lowest BCUT2D eigenvalue weighted by Gasteiger charge is -2.31. The van der Waals surface area contributed by atoms with Crippen molar-refractivity contribution in [1.82, 2.24) is 15.3 Å². The first-order chi connectivity index (χ1) is 13.8. The molecule has 0 spiro atoms. The summed E-state index contributed by atoms with van der Waals surface area (Å²) in [6, 6.07) is 3.58. The highest BCUT2D eigenvalue weighted by Crippen LogP contribution is 2.24. The maximum atomic E-state index is 12.9. The molecule has 0 aromatic heterocycles. The smallest absolute Gasteiger partial charge is 0.338 e. The predicted molar refractivity (Wildman–Crippen MR) is 104 cm³/mol. The van der Waals surface area contributed by atoms with Crippen LogP contribution in [0.2, 0.25) is 0 Å². The molecule has 0 aliphatic carbocycles. The third kappa shape index (κ3) is 4.94. The van der Waals surface area contributed by atoms with Gasteiger partial charge in [-0.05, 0) is 38.8 Å². The van der Waals surface area contributed by atoms with Crippen molar-refractivity contribution in [3.63, 3.8) is 0 Å². The Bertz CT molecular complexity index is 854. The summed E-state index contributed by atoms with van der Waals surface area (Å²) < 4.78 is 5.20. The van der Waals surface area contributed by atoms with Crippen molar-refractivity contribution in [2.24, 2.45) is 5.92 Å². The molecule has 1 aliphatic rings. The van der Waals surface area contributed by atoms with Gasteiger partial charge in [-0.1, -0.05) is 26.0 Å². The van der Waals surface area contributed by atoms with Gasteiger partial charge >= 0.3 is 18.0 Å². The van der Waals surface area contributed by atoms with Crippen LogP contribution in [0.25, 0.3) is 0 Å². The Morgan fingerprint density at radius 2 is 1.60 bits per heavy atom. The Hall–Kier alpha value is -3.43. The van der Waals surface area contributed by atoms with E-state index in [1.807, 2.05) is 0 Å². The lowest BCUT2D eigenvalue weighted by atomic mass is 10.1. The number of hydrazine groups is 1. The number of carbonyl (C=O) groups is 5. The third-order valence-corrected chi connectivity index (χ3v) is 4.16. The molecule has 10 heteroatoms. The summed E-state index contributed by atoms with van der Waals surface area (Å²) in [5.74, 6) is -4.25. The van der Waals surface area contributed by atoms with Crippen LogP contribution < -0.4 is 5.32 Å². The molecule has 1 aliphatic heterocycles. The normalized spacial score (nSPS) is 14.4. The second-order valence-electron chi connectivity index (χ2n) is 8.12. The maximum Gasteiger partial charge on any atom is 0.338 e. The summed E-state index contributed by atoms with van der Waals surface area (Å²) in [5.41, 5.74) is -0.728. The van der Waals surface area contributed by atoms with Crippen LogP contribution in [0.15, 0.2) is 24.3 Å². The first-order valence-corrected chi connectivity index (χ1v) is 9.34. The van der Waals surface area contributed by atoms with Crippen LogP contribution >= 0.6 is 0 Å². The number of carboxylic acids is 1. The van der Waals surface area contributed by atoms with Gasteiger partial charge in [0.15, 0.2) is 0 Å². The second-order valence-corrected chi connectivity index (χ2v) is 8.12. The highest BCUT2D eigenvalue weighted by Gasteiger charge is 2.43. The molecule has 0 fully saturated rings. The lowest BCUT2D eigenvalue weighted by Crippen LogP contribution is -2.58. The zero-order valence-corrected chi connectivity index (χ0v) is 17.5. The average molecular weight is 419 g/mol. The number of nitrogens with one attached hydrogen (secondary N) is 1. The van der Waals surface area contributed by atoms with Gasteiger partial charge in [0.25, 0.3) is 11.8 Å². The molecule has 162 valence electrons. The Labute approximate surface area is 173 Å². The lowest BCUT2D eigenvalue weighted by molar-refractivity contribution is -0.157. The van der Waals surface area contributed by atoms with Gasteiger partial charge in [0.1, 0.15) is 18.2 Å². The molecule has 2 N–H and O–H groups in total. The number of hydrogen-bond donors (Lipinski definition) is 2. The summed E-state index contributed by atoms with van der Waals surface area (Å²) >= 11 is 0. The van der Waals surface area contributed by atoms with Crippen LogP contribution in [0.4, 0.5) is 4.79 Å². The average Bonchev–Trinajstić information content (AvgIpc) is 2.86. The molecule has 4 amide bonds. The van der Waals surface area contributed by atoms with Crippen LogP contribution in [0, 0.1) is 5.92 Å². The van der Waals surface area contributed by atoms with Crippen LogP contribution in [0.3, 0.4) is 0 Å². The fourth-order valence-electron chi connectivity index (χ4n) is 2.85. The molecule has 0 saturated heterocycles. The van der Waals surface area contributed by atoms with E-state index in [1.54, 1.807) is 46.8 Å². The Morgan fingerprint density at radius 3 is 2.00 bits per heavy atom. The van der Waals surface area contributed by atoms with Crippen LogP contribution in [0.1, 0.15) is 55.3 Å². The van der Waals surface area contributed by atoms with Crippen molar-refractivity contribution in [2.45, 2.75) is 46.3 Å². The number of imide groups is 1. The zero-order valence-electron chi connectivity index (χ0n) is 17.5. The molecule has 1 aromatic carbocycles. The van der Waals surface area contributed by atoms with Gasteiger partial charge in [0, 0.05) is 0 Å². The van der Waals surface area contributed by atoms with E-state index in [2.05, 4.69) is 5.32 Å². The largest absolute Gasteiger partial charge is 0.480 e. The summed E-state index contributed by atoms with van der Waals surface area (Å²) in [4.78, 5) is 62.3. The number of ether oxygens (including phenoxy) is 1. The number of benzene rings is 1. The van der Waals surface area contributed by atoms with E-state index in [0.717, 1.165) is 0 Å². The van der Waals surface area contributed by atoms with E-state index in [-0.39, 0.29) is 11.1 Å². The number of carboxylic acid groups (broad SMARTS) is 1. The quantitative estimate of drug-likeness (QED) is 0.529. The van der Waals surface area contributed by atoms with E-state index in [9.17, 15) is 29.1 Å². The first kappa shape index (κ1) is 22.9. The van der Waals surface area contributed by atoms with Gasteiger partial charge in [0.05, 0.1) is 11.1 Å². The van der Waals surface area contributed by atoms with Gasteiger partial charge in [-0.15, -0.1) is 0 Å². The van der Waals surface area contributed by atoms with Crippen molar-refractivity contribution >= 4 is 29.8 Å². The molecule has 0 unspecified atom stereocenters. The minimum Gasteiger partial charge on any atom is -0.480 e. The Kier molecular flexibility index (Phi) is 6.49. The predicted octanol–water partition coefficient (Wildman–Crippen LogP) is 1.66. The molecular weight excluding hydrogens is 394 g/mol. The highest BCUT2D eigenvalue weighted by molar-refractivity contribution is 6.21. The molecular formula is C20H25N3O7. The van der Waals surface area contributed by atoms with Crippen molar-refractivity contribution < 1.29 is 33.8 Å². The van der Waals surface area contributed by atoms with Crippen molar-refractivity contribution in [3.8, 4) is 0 Å². The Morgan fingerprint density at radius 1 is 1.10 bits per heavy atom. The first-order valence-electron chi connectivity index (χ1n) is 9.34. The van der Waals surface area contributed by atoms with Crippen molar-refractivity contribution in [2.75, 3.05) is 6.54 Å². The molecule has 30 heavy (non-hydrogen) atoms. The van der Waals surface area contributed by atoms with E-state index in [4.69, 9.17) is 4.74 Å². The number of urea groups is 1. The summed E-state index contributed by atoms with van der Waals surface area (Å²) in [6.07, 6.45) is 0. The molecule has 0 bridgehead atoms. The van der Waals surface area contributed by atoms with Crippen molar-refractivity contribution in [3.05, 3.63) is 35.4 Å². The van der Waals surface area contributed by atoms with Gasteiger partial charge in [-0.2, -0.15) is 5.01 Å². The van der Waals surface area contributed by atoms with E-state index >= 15 is 0 Å². The van der Waals surface area contributed by atoms with Gasteiger partial charge in [-0.25, -0.2) is 14.6 Å². The van der Waals surface area contributed by atoms with Gasteiger partial charge < -0.3 is 15.2 Å². The van der Waals surface area contributed by atoms with Crippen LogP contribution in [-0.4, -0.2) is 63.1 Å². The topological polar surface area (TPSA) is 133 Å². The molecule has 1 heterocycles. The number of fused-ring (bicyclic) bond motifs is 1. The zero-order chi connectivity index (χ0) is 22.8. The Balaban J connectivity index is 2.38. The van der Waals surface area contributed by atoms with E-state index in [1.165, 1.54) is 12.1 Å². The third-order valence-electron chi connectivity index (χ3n) is 4.16. The molecule has 10 nitrogen and oxygen atoms in total. The molecule has 0 saturated carbocycles. The van der Waals surface area contributed by atoms with Crippen LogP contribution in [-0.2, 0) is 14.3 Å². The van der Waals surface area contributed by atoms with Crippen LogP contribution in [0.5, 0.6) is 0 Å². The van der Waals surface area contributed by atoms with E-state index < -0.39 is 53.9 Å². The molecule has 2 rings (SSSR count). The number of hydrogen-bond acceptors (Lipinski definition) is 6. The second kappa shape index (κ2) is 8.52. The SMILES string of the molecule is CC(C)[C@H](NC(=O)N(CC(=O)OC(C)(C)C)N1C(=O)c2ccccc2C1=O)C(=O)O. The summed E-state index contributed by atoms with van der Waals surface area (Å²) in [5, 5.41) is 12.7. The molecule has 1 aromatic rings. The number of aliphatic carboxylic acids is 1. The monoisotopic (exact) mass is 419 g/mol. The highest BCUT2D eigenvalue weighted by atomic mass is 16.6. The minimum atomic E-state index is -1.30. The summed E-state index contributed by atoms with van der Waals surface area (Å²) in [7, 11) is 0. The minimum absolute atomic E-state index is 0.0723.